The summed E-state index contributed by atoms with van der Waals surface area (Å²) >= 11 is 0. The van der Waals surface area contributed by atoms with E-state index in [1.807, 2.05) is 5.01 Å². The summed E-state index contributed by atoms with van der Waals surface area (Å²) in [6.45, 7) is 5.88. The Morgan fingerprint density at radius 3 is 2.56 bits per heavy atom. The van der Waals surface area contributed by atoms with Gasteiger partial charge in [-0.2, -0.15) is 18.4 Å². The molecule has 0 saturated carbocycles. The lowest BCUT2D eigenvalue weighted by Gasteiger charge is -2.47. The monoisotopic (exact) mass is 552 g/mol. The van der Waals surface area contributed by atoms with Crippen molar-refractivity contribution in [2.24, 2.45) is 11.7 Å². The van der Waals surface area contributed by atoms with Crippen molar-refractivity contribution >= 4 is 17.6 Å². The Balaban J connectivity index is 1.52. The number of piperidine rings is 1. The van der Waals surface area contributed by atoms with Gasteiger partial charge in [-0.1, -0.05) is 12.1 Å². The molecule has 0 aliphatic carbocycles. The van der Waals surface area contributed by atoms with Gasteiger partial charge >= 0.3 is 12.1 Å². The van der Waals surface area contributed by atoms with Crippen LogP contribution >= 0.6 is 0 Å². The van der Waals surface area contributed by atoms with Crippen LogP contribution in [0.1, 0.15) is 58.1 Å². The summed E-state index contributed by atoms with van der Waals surface area (Å²) in [6, 6.07) is 5.44. The predicted octanol–water partition coefficient (Wildman–Crippen LogP) is 2.48. The zero-order valence-corrected chi connectivity index (χ0v) is 22.2. The number of fused-ring (bicyclic) bond motifs is 1. The summed E-state index contributed by atoms with van der Waals surface area (Å²) in [4.78, 5) is 25.6. The van der Waals surface area contributed by atoms with Crippen molar-refractivity contribution in [3.63, 3.8) is 0 Å². The fourth-order valence-corrected chi connectivity index (χ4v) is 5.50. The van der Waals surface area contributed by atoms with Gasteiger partial charge in [-0.15, -0.1) is 0 Å². The highest BCUT2D eigenvalue weighted by Crippen LogP contribution is 2.40. The van der Waals surface area contributed by atoms with Crippen molar-refractivity contribution in [1.82, 2.24) is 15.8 Å². The third-order valence-corrected chi connectivity index (χ3v) is 7.38. The number of nitrogens with two attached hydrogens (primary N) is 1. The molecule has 3 saturated heterocycles. The molecule has 0 spiro atoms. The second-order valence-corrected chi connectivity index (χ2v) is 11.4. The molecule has 1 amide bonds. The highest BCUT2D eigenvalue weighted by molar-refractivity contribution is 5.82. The van der Waals surface area contributed by atoms with Gasteiger partial charge in [0.1, 0.15) is 17.8 Å². The number of hydrogen-bond acceptors (Lipinski definition) is 9. The maximum Gasteiger partial charge on any atom is 0.407 e. The largest absolute Gasteiger partial charge is 0.458 e. The number of nitriles is 1. The maximum absolute atomic E-state index is 13.0. The summed E-state index contributed by atoms with van der Waals surface area (Å²) < 4.78 is 50.4. The minimum Gasteiger partial charge on any atom is -0.458 e. The van der Waals surface area contributed by atoms with E-state index in [4.69, 9.17) is 15.2 Å². The summed E-state index contributed by atoms with van der Waals surface area (Å²) in [5.74, 6) is -1.18. The van der Waals surface area contributed by atoms with Gasteiger partial charge in [0.15, 0.2) is 6.10 Å². The number of amides is 1. The molecule has 1 aromatic rings. The number of alkyl halides is 3. The summed E-state index contributed by atoms with van der Waals surface area (Å²) in [5, 5.41) is 17.7. The van der Waals surface area contributed by atoms with Crippen LogP contribution in [0.3, 0.4) is 0 Å². The van der Waals surface area contributed by atoms with E-state index in [0.717, 1.165) is 0 Å². The maximum atomic E-state index is 13.0. The van der Waals surface area contributed by atoms with Gasteiger partial charge < -0.3 is 25.8 Å². The van der Waals surface area contributed by atoms with Crippen LogP contribution in [0.15, 0.2) is 24.3 Å². The summed E-state index contributed by atoms with van der Waals surface area (Å²) in [7, 11) is 0. The van der Waals surface area contributed by atoms with E-state index >= 15 is 0 Å². The smallest absolute Gasteiger partial charge is 0.407 e. The highest BCUT2D eigenvalue weighted by atomic mass is 19.4. The van der Waals surface area contributed by atoms with Gasteiger partial charge in [0.05, 0.1) is 30.6 Å². The number of nitrogens with zero attached hydrogens (tertiary/aromatic N) is 2. The predicted molar refractivity (Wildman–Crippen MR) is 134 cm³/mol. The van der Waals surface area contributed by atoms with Crippen LogP contribution < -0.4 is 21.8 Å². The molecule has 3 aliphatic heterocycles. The number of ether oxygens (including phenoxy) is 2. The van der Waals surface area contributed by atoms with Crippen LogP contribution in [0.25, 0.3) is 0 Å². The molecule has 0 bridgehead atoms. The lowest BCUT2D eigenvalue weighted by molar-refractivity contribution is -0.180. The Bertz CT molecular complexity index is 1090. The van der Waals surface area contributed by atoms with Crippen LogP contribution in [-0.4, -0.2) is 65.7 Å². The van der Waals surface area contributed by atoms with Crippen molar-refractivity contribution in [1.29, 1.82) is 5.26 Å². The van der Waals surface area contributed by atoms with Crippen LogP contribution in [0.4, 0.5) is 18.9 Å². The number of carbonyl (C=O) groups is 2. The molecule has 214 valence electrons. The molecule has 39 heavy (non-hydrogen) atoms. The molecule has 3 heterocycles. The normalized spacial score (nSPS) is 30.6. The van der Waals surface area contributed by atoms with Gasteiger partial charge in [0.25, 0.3) is 0 Å². The third-order valence-electron chi connectivity index (χ3n) is 7.38. The van der Waals surface area contributed by atoms with Gasteiger partial charge in [-0.05, 0) is 57.7 Å². The van der Waals surface area contributed by atoms with Crippen molar-refractivity contribution in [3.05, 3.63) is 29.8 Å². The Hall–Kier alpha value is -2.92. The number of anilines is 1. The lowest BCUT2D eigenvalue weighted by atomic mass is 9.83. The van der Waals surface area contributed by atoms with Crippen molar-refractivity contribution in [2.45, 2.75) is 88.1 Å². The minimum absolute atomic E-state index is 0.0748. The number of benzene rings is 1. The van der Waals surface area contributed by atoms with E-state index in [1.54, 1.807) is 20.8 Å². The number of rotatable bonds is 6. The molecule has 0 radical (unpaired) electrons. The van der Waals surface area contributed by atoms with E-state index in [1.165, 1.54) is 24.3 Å². The molecule has 0 aromatic heterocycles. The van der Waals surface area contributed by atoms with E-state index < -0.39 is 47.5 Å². The highest BCUT2D eigenvalue weighted by Gasteiger charge is 2.56. The van der Waals surface area contributed by atoms with Crippen LogP contribution in [0.2, 0.25) is 0 Å². The summed E-state index contributed by atoms with van der Waals surface area (Å²) in [6.07, 6.45) is -4.39. The molecule has 10 nitrogen and oxygen atoms in total. The first-order chi connectivity index (χ1) is 18.2. The quantitative estimate of drug-likeness (QED) is 0.392. The van der Waals surface area contributed by atoms with E-state index in [2.05, 4.69) is 22.1 Å². The number of halogens is 3. The van der Waals surface area contributed by atoms with E-state index in [0.29, 0.717) is 31.5 Å². The van der Waals surface area contributed by atoms with E-state index in [-0.39, 0.29) is 30.5 Å². The average molecular weight is 553 g/mol. The van der Waals surface area contributed by atoms with Gasteiger partial charge in [-0.25, -0.2) is 15.2 Å². The van der Waals surface area contributed by atoms with Crippen molar-refractivity contribution in [2.75, 3.05) is 18.5 Å². The third kappa shape index (κ3) is 6.30. The standard InChI is InChI=1S/C26H35F3N6O4/c1-24(2,3)39-23(37)18-8-10-25(11-12-30,14-38-18)35-17-9-13-32-22(36)19(17)21(34-35)33-16-6-4-15(5-7-16)20(31)26(27,28)29/h4-7,17-21,33-34H,8-11,13-14,31H2,1-3H3,(H,32,36)/t17?,18-,19?,20?,21?,25-/m0/s1. The van der Waals surface area contributed by atoms with Crippen molar-refractivity contribution in [3.8, 4) is 6.07 Å². The fraction of sp³-hybridized carbons (Fsp3) is 0.654. The zero-order valence-electron chi connectivity index (χ0n) is 22.2. The first-order valence-electron chi connectivity index (χ1n) is 13.0. The lowest BCUT2D eigenvalue weighted by Crippen LogP contribution is -2.63. The fourth-order valence-electron chi connectivity index (χ4n) is 5.50. The van der Waals surface area contributed by atoms with Crippen LogP contribution in [-0.2, 0) is 19.1 Å². The first-order valence-corrected chi connectivity index (χ1v) is 13.0. The summed E-state index contributed by atoms with van der Waals surface area (Å²) in [5.41, 5.74) is 7.64. The molecule has 5 N–H and O–H groups in total. The minimum atomic E-state index is -4.56. The van der Waals surface area contributed by atoms with Crippen molar-refractivity contribution < 1.29 is 32.2 Å². The molecule has 6 atom stereocenters. The van der Waals surface area contributed by atoms with Crippen LogP contribution in [0.5, 0.6) is 0 Å². The second-order valence-electron chi connectivity index (χ2n) is 11.4. The van der Waals surface area contributed by atoms with E-state index in [9.17, 15) is 28.0 Å². The molecule has 1 aromatic carbocycles. The molecular formula is C26H35F3N6O4. The second kappa shape index (κ2) is 10.9. The average Bonchev–Trinajstić information content (AvgIpc) is 3.23. The number of hydrogen-bond donors (Lipinski definition) is 4. The number of hydrazine groups is 1. The number of esters is 1. The van der Waals surface area contributed by atoms with Gasteiger partial charge in [0, 0.05) is 18.3 Å². The number of carbonyl (C=O) groups excluding carboxylic acids is 2. The molecule has 4 unspecified atom stereocenters. The topological polar surface area (TPSA) is 142 Å². The molecule has 13 heteroatoms. The SMILES string of the molecule is CC(C)(C)OC(=O)[C@@H]1CC[C@@](CC#N)(N2NC(Nc3ccc(C(N)C(F)(F)F)cc3)C3C(=O)NCCC32)CO1. The molecule has 4 rings (SSSR count). The number of nitrogens with one attached hydrogen (secondary N) is 3. The first kappa shape index (κ1) is 29.1. The Morgan fingerprint density at radius 1 is 1.31 bits per heavy atom. The molecular weight excluding hydrogens is 517 g/mol. The van der Waals surface area contributed by atoms with Gasteiger partial charge in [0.2, 0.25) is 5.91 Å². The molecule has 3 aliphatic rings. The molecule has 3 fully saturated rings. The Kier molecular flexibility index (Phi) is 8.14. The van der Waals surface area contributed by atoms with Gasteiger partial charge in [-0.3, -0.25) is 4.79 Å². The Labute approximate surface area is 225 Å². The zero-order chi connectivity index (χ0) is 28.6. The van der Waals surface area contributed by atoms with Crippen LogP contribution in [0, 0.1) is 17.2 Å². The Morgan fingerprint density at radius 2 is 2.00 bits per heavy atom.